The van der Waals surface area contributed by atoms with Gasteiger partial charge in [0.1, 0.15) is 22.9 Å². The molecular formula is C14H10F2O3. The standard InChI is InChI=1S/C14H10F2O3/c1-19-12-7-8(5-6-9(12)14(17)18)13-10(15)3-2-4-11(13)16/h2-7H,1H3,(H,17,18). The minimum atomic E-state index is -1.17. The quantitative estimate of drug-likeness (QED) is 0.924. The van der Waals surface area contributed by atoms with Crippen molar-refractivity contribution in [2.75, 3.05) is 7.11 Å². The molecule has 0 aliphatic rings. The van der Waals surface area contributed by atoms with Gasteiger partial charge in [-0.05, 0) is 29.8 Å². The second kappa shape index (κ2) is 5.06. The van der Waals surface area contributed by atoms with Gasteiger partial charge in [0.15, 0.2) is 0 Å². The van der Waals surface area contributed by atoms with Crippen LogP contribution in [-0.2, 0) is 0 Å². The van der Waals surface area contributed by atoms with Crippen LogP contribution in [0.15, 0.2) is 36.4 Å². The molecule has 0 aliphatic heterocycles. The lowest BCUT2D eigenvalue weighted by molar-refractivity contribution is 0.0693. The molecule has 0 unspecified atom stereocenters. The molecule has 0 amide bonds. The van der Waals surface area contributed by atoms with E-state index < -0.39 is 17.6 Å². The van der Waals surface area contributed by atoms with Gasteiger partial charge in [0.05, 0.1) is 12.7 Å². The van der Waals surface area contributed by atoms with Gasteiger partial charge in [0.2, 0.25) is 0 Å². The molecule has 0 spiro atoms. The Bertz CT molecular complexity index is 618. The number of hydrogen-bond acceptors (Lipinski definition) is 2. The van der Waals surface area contributed by atoms with Crippen LogP contribution >= 0.6 is 0 Å². The maximum absolute atomic E-state index is 13.6. The van der Waals surface area contributed by atoms with Gasteiger partial charge in [0.25, 0.3) is 0 Å². The summed E-state index contributed by atoms with van der Waals surface area (Å²) in [5, 5.41) is 8.94. The van der Waals surface area contributed by atoms with Gasteiger partial charge in [-0.25, -0.2) is 13.6 Å². The zero-order chi connectivity index (χ0) is 14.0. The van der Waals surface area contributed by atoms with Crippen LogP contribution in [0.2, 0.25) is 0 Å². The molecule has 2 aromatic rings. The monoisotopic (exact) mass is 264 g/mol. The molecule has 1 N–H and O–H groups in total. The molecule has 0 saturated carbocycles. The Labute approximate surface area is 108 Å². The SMILES string of the molecule is COc1cc(-c2c(F)cccc2F)ccc1C(=O)O. The first-order chi connectivity index (χ1) is 9.04. The number of aromatic carboxylic acids is 1. The molecule has 2 rings (SSSR count). The molecule has 3 nitrogen and oxygen atoms in total. The molecule has 98 valence electrons. The lowest BCUT2D eigenvalue weighted by Gasteiger charge is -2.09. The Kier molecular flexibility index (Phi) is 3.46. The van der Waals surface area contributed by atoms with Crippen LogP contribution in [0.3, 0.4) is 0 Å². The first-order valence-corrected chi connectivity index (χ1v) is 5.40. The van der Waals surface area contributed by atoms with Crippen LogP contribution in [0.4, 0.5) is 8.78 Å². The number of benzene rings is 2. The number of ether oxygens (including phenoxy) is 1. The molecule has 0 bridgehead atoms. The van der Waals surface area contributed by atoms with Crippen LogP contribution in [0.25, 0.3) is 11.1 Å². The van der Waals surface area contributed by atoms with Gasteiger partial charge in [0, 0.05) is 0 Å². The molecule has 19 heavy (non-hydrogen) atoms. The first-order valence-electron chi connectivity index (χ1n) is 5.40. The fourth-order valence-corrected chi connectivity index (χ4v) is 1.80. The van der Waals surface area contributed by atoms with Crippen molar-refractivity contribution in [1.29, 1.82) is 0 Å². The van der Waals surface area contributed by atoms with Crippen molar-refractivity contribution >= 4 is 5.97 Å². The normalized spacial score (nSPS) is 10.3. The van der Waals surface area contributed by atoms with Gasteiger partial charge in [-0.15, -0.1) is 0 Å². The van der Waals surface area contributed by atoms with Crippen LogP contribution in [0.5, 0.6) is 5.75 Å². The maximum Gasteiger partial charge on any atom is 0.339 e. The van der Waals surface area contributed by atoms with Gasteiger partial charge in [-0.3, -0.25) is 0 Å². The van der Waals surface area contributed by atoms with Gasteiger partial charge >= 0.3 is 5.97 Å². The molecule has 0 aliphatic carbocycles. The second-order valence-electron chi connectivity index (χ2n) is 3.82. The predicted molar refractivity (Wildman–Crippen MR) is 65.3 cm³/mol. The summed E-state index contributed by atoms with van der Waals surface area (Å²) in [5.41, 5.74) is -0.0572. The van der Waals surface area contributed by atoms with E-state index in [1.54, 1.807) is 0 Å². The fourth-order valence-electron chi connectivity index (χ4n) is 1.80. The summed E-state index contributed by atoms with van der Waals surface area (Å²) in [6, 6.07) is 7.42. The molecule has 0 heterocycles. The average Bonchev–Trinajstić information content (AvgIpc) is 2.38. The lowest BCUT2D eigenvalue weighted by Crippen LogP contribution is -2.01. The summed E-state index contributed by atoms with van der Waals surface area (Å²) >= 11 is 0. The number of halogens is 2. The molecule has 0 atom stereocenters. The average molecular weight is 264 g/mol. The van der Waals surface area contributed by atoms with Crippen molar-refractivity contribution in [3.63, 3.8) is 0 Å². The number of methoxy groups -OCH3 is 1. The number of rotatable bonds is 3. The zero-order valence-corrected chi connectivity index (χ0v) is 9.98. The minimum Gasteiger partial charge on any atom is -0.496 e. The highest BCUT2D eigenvalue weighted by Gasteiger charge is 2.16. The molecule has 0 radical (unpaired) electrons. The van der Waals surface area contributed by atoms with Crippen molar-refractivity contribution in [2.24, 2.45) is 0 Å². The van der Waals surface area contributed by atoms with Crippen molar-refractivity contribution in [1.82, 2.24) is 0 Å². The number of carboxylic acids is 1. The van der Waals surface area contributed by atoms with E-state index in [0.29, 0.717) is 0 Å². The van der Waals surface area contributed by atoms with Crippen LogP contribution in [0.1, 0.15) is 10.4 Å². The first kappa shape index (κ1) is 13.0. The van der Waals surface area contributed by atoms with E-state index in [2.05, 4.69) is 0 Å². The Morgan fingerprint density at radius 2 is 1.79 bits per heavy atom. The Morgan fingerprint density at radius 3 is 2.32 bits per heavy atom. The fraction of sp³-hybridized carbons (Fsp3) is 0.0714. The van der Waals surface area contributed by atoms with Crippen LogP contribution < -0.4 is 4.74 Å². The predicted octanol–water partition coefficient (Wildman–Crippen LogP) is 3.34. The highest BCUT2D eigenvalue weighted by molar-refractivity contribution is 5.92. The summed E-state index contributed by atoms with van der Waals surface area (Å²) in [7, 11) is 1.29. The summed E-state index contributed by atoms with van der Waals surface area (Å²) in [6.07, 6.45) is 0. The largest absolute Gasteiger partial charge is 0.496 e. The van der Waals surface area contributed by atoms with Crippen LogP contribution in [-0.4, -0.2) is 18.2 Å². The van der Waals surface area contributed by atoms with E-state index in [1.807, 2.05) is 0 Å². The number of carboxylic acid groups (broad SMARTS) is 1. The zero-order valence-electron chi connectivity index (χ0n) is 9.98. The third kappa shape index (κ3) is 2.40. The third-order valence-corrected chi connectivity index (χ3v) is 2.68. The van der Waals surface area contributed by atoms with Crippen molar-refractivity contribution in [3.05, 3.63) is 53.6 Å². The highest BCUT2D eigenvalue weighted by Crippen LogP contribution is 2.30. The van der Waals surface area contributed by atoms with Crippen molar-refractivity contribution in [2.45, 2.75) is 0 Å². The lowest BCUT2D eigenvalue weighted by atomic mass is 10.0. The van der Waals surface area contributed by atoms with Gasteiger partial charge in [-0.1, -0.05) is 12.1 Å². The minimum absolute atomic E-state index is 0.0488. The van der Waals surface area contributed by atoms with E-state index in [-0.39, 0.29) is 22.4 Å². The van der Waals surface area contributed by atoms with Crippen LogP contribution in [0, 0.1) is 11.6 Å². The second-order valence-corrected chi connectivity index (χ2v) is 3.82. The van der Waals surface area contributed by atoms with E-state index in [9.17, 15) is 13.6 Å². The molecule has 0 fully saturated rings. The van der Waals surface area contributed by atoms with E-state index >= 15 is 0 Å². The van der Waals surface area contributed by atoms with E-state index in [0.717, 1.165) is 12.1 Å². The smallest absolute Gasteiger partial charge is 0.339 e. The summed E-state index contributed by atoms with van der Waals surface area (Å²) in [4.78, 5) is 10.9. The van der Waals surface area contributed by atoms with E-state index in [4.69, 9.17) is 9.84 Å². The summed E-state index contributed by atoms with van der Waals surface area (Å²) in [5.74, 6) is -2.56. The van der Waals surface area contributed by atoms with Crippen molar-refractivity contribution < 1.29 is 23.4 Å². The summed E-state index contributed by atoms with van der Waals surface area (Å²) in [6.45, 7) is 0. The van der Waals surface area contributed by atoms with Gasteiger partial charge in [-0.2, -0.15) is 0 Å². The third-order valence-electron chi connectivity index (χ3n) is 2.68. The molecule has 2 aromatic carbocycles. The molecular weight excluding hydrogens is 254 g/mol. The highest BCUT2D eigenvalue weighted by atomic mass is 19.1. The van der Waals surface area contributed by atoms with E-state index in [1.165, 1.54) is 31.4 Å². The maximum atomic E-state index is 13.6. The molecule has 0 aromatic heterocycles. The molecule has 5 heteroatoms. The van der Waals surface area contributed by atoms with Crippen molar-refractivity contribution in [3.8, 4) is 16.9 Å². The molecule has 0 saturated heterocycles. The Morgan fingerprint density at radius 1 is 1.16 bits per heavy atom. The number of carbonyl (C=O) groups is 1. The summed E-state index contributed by atoms with van der Waals surface area (Å²) < 4.78 is 32.2. The Hall–Kier alpha value is -2.43. The Balaban J connectivity index is 2.61. The number of hydrogen-bond donors (Lipinski definition) is 1. The topological polar surface area (TPSA) is 46.5 Å². The van der Waals surface area contributed by atoms with Gasteiger partial charge < -0.3 is 9.84 Å².